The Kier molecular flexibility index (Phi) is 7.55. The fourth-order valence-electron chi connectivity index (χ4n) is 2.39. The summed E-state index contributed by atoms with van der Waals surface area (Å²) in [6.45, 7) is 2.05. The molecule has 27 heavy (non-hydrogen) atoms. The highest BCUT2D eigenvalue weighted by molar-refractivity contribution is 5.92. The highest BCUT2D eigenvalue weighted by Gasteiger charge is 2.09. The zero-order valence-corrected chi connectivity index (χ0v) is 15.4. The second kappa shape index (κ2) is 10.1. The lowest BCUT2D eigenvalue weighted by atomic mass is 10.1. The van der Waals surface area contributed by atoms with Gasteiger partial charge in [-0.05, 0) is 48.4 Å². The van der Waals surface area contributed by atoms with Crippen LogP contribution in [-0.2, 0) is 9.59 Å². The van der Waals surface area contributed by atoms with E-state index in [1.807, 2.05) is 31.2 Å². The topological polar surface area (TPSA) is 67.4 Å². The summed E-state index contributed by atoms with van der Waals surface area (Å²) in [5.41, 5.74) is 1.69. The standard InChI is InChI=1S/C21H23FN2O3/c1-15(17-6-8-18(22)9-7-17)24-21(26)13-14-23-20(25)12-5-16-3-10-19(27-2)11-4-16/h3-12,15H,13-14H2,1-2H3,(H,23,25)(H,24,26)/b12-5+. The van der Waals surface area contributed by atoms with Gasteiger partial charge in [0.15, 0.2) is 0 Å². The third kappa shape index (κ3) is 6.93. The van der Waals surface area contributed by atoms with E-state index < -0.39 is 0 Å². The summed E-state index contributed by atoms with van der Waals surface area (Å²) in [5, 5.41) is 5.48. The van der Waals surface area contributed by atoms with Gasteiger partial charge < -0.3 is 15.4 Å². The van der Waals surface area contributed by atoms with Crippen LogP contribution < -0.4 is 15.4 Å². The maximum atomic E-state index is 12.9. The number of benzene rings is 2. The van der Waals surface area contributed by atoms with Crippen LogP contribution in [0.5, 0.6) is 5.75 Å². The largest absolute Gasteiger partial charge is 0.497 e. The molecule has 0 spiro atoms. The van der Waals surface area contributed by atoms with Crippen LogP contribution >= 0.6 is 0 Å². The van der Waals surface area contributed by atoms with Gasteiger partial charge in [-0.25, -0.2) is 4.39 Å². The fourth-order valence-corrected chi connectivity index (χ4v) is 2.39. The molecule has 5 nitrogen and oxygen atoms in total. The summed E-state index contributed by atoms with van der Waals surface area (Å²) in [4.78, 5) is 23.8. The Labute approximate surface area is 158 Å². The van der Waals surface area contributed by atoms with Crippen LogP contribution in [0.2, 0.25) is 0 Å². The maximum Gasteiger partial charge on any atom is 0.244 e. The lowest BCUT2D eigenvalue weighted by molar-refractivity contribution is -0.121. The highest BCUT2D eigenvalue weighted by atomic mass is 19.1. The zero-order valence-electron chi connectivity index (χ0n) is 15.4. The molecule has 0 bridgehead atoms. The highest BCUT2D eigenvalue weighted by Crippen LogP contribution is 2.13. The molecule has 0 heterocycles. The Hall–Kier alpha value is -3.15. The van der Waals surface area contributed by atoms with E-state index in [4.69, 9.17) is 4.74 Å². The van der Waals surface area contributed by atoms with Crippen LogP contribution in [0.3, 0.4) is 0 Å². The minimum absolute atomic E-state index is 0.160. The molecule has 6 heteroatoms. The molecule has 0 saturated heterocycles. The average Bonchev–Trinajstić information content (AvgIpc) is 2.67. The van der Waals surface area contributed by atoms with Gasteiger partial charge in [0.05, 0.1) is 13.2 Å². The normalized spacial score (nSPS) is 11.8. The SMILES string of the molecule is COc1ccc(/C=C/C(=O)NCCC(=O)NC(C)c2ccc(F)cc2)cc1. The van der Waals surface area contributed by atoms with Crippen LogP contribution in [0.4, 0.5) is 4.39 Å². The van der Waals surface area contributed by atoms with E-state index in [0.29, 0.717) is 0 Å². The summed E-state index contributed by atoms with van der Waals surface area (Å²) in [5.74, 6) is -0.0309. The molecule has 1 unspecified atom stereocenters. The van der Waals surface area contributed by atoms with E-state index in [-0.39, 0.29) is 36.6 Å². The van der Waals surface area contributed by atoms with E-state index in [0.717, 1.165) is 16.9 Å². The van der Waals surface area contributed by atoms with Gasteiger partial charge in [-0.3, -0.25) is 9.59 Å². The first-order chi connectivity index (χ1) is 13.0. The van der Waals surface area contributed by atoms with Crippen molar-refractivity contribution in [2.75, 3.05) is 13.7 Å². The molecular weight excluding hydrogens is 347 g/mol. The maximum absolute atomic E-state index is 12.9. The predicted molar refractivity (Wildman–Crippen MR) is 103 cm³/mol. The number of rotatable bonds is 8. The lowest BCUT2D eigenvalue weighted by Gasteiger charge is -2.14. The molecule has 0 saturated carbocycles. The first-order valence-corrected chi connectivity index (χ1v) is 8.62. The van der Waals surface area contributed by atoms with Crippen molar-refractivity contribution < 1.29 is 18.7 Å². The van der Waals surface area contributed by atoms with E-state index in [9.17, 15) is 14.0 Å². The van der Waals surface area contributed by atoms with Crippen LogP contribution in [0, 0.1) is 5.82 Å². The lowest BCUT2D eigenvalue weighted by Crippen LogP contribution is -2.31. The van der Waals surface area contributed by atoms with E-state index >= 15 is 0 Å². The van der Waals surface area contributed by atoms with Crippen LogP contribution in [0.1, 0.15) is 30.5 Å². The summed E-state index contributed by atoms with van der Waals surface area (Å²) in [7, 11) is 1.59. The number of hydrogen-bond acceptors (Lipinski definition) is 3. The van der Waals surface area contributed by atoms with Gasteiger partial charge in [0, 0.05) is 19.0 Å². The first kappa shape index (κ1) is 20.2. The van der Waals surface area contributed by atoms with Crippen LogP contribution in [0.15, 0.2) is 54.6 Å². The van der Waals surface area contributed by atoms with Gasteiger partial charge >= 0.3 is 0 Å². The van der Waals surface area contributed by atoms with Gasteiger partial charge in [0.1, 0.15) is 11.6 Å². The second-order valence-corrected chi connectivity index (χ2v) is 5.99. The Morgan fingerprint density at radius 3 is 2.41 bits per heavy atom. The number of methoxy groups -OCH3 is 1. The summed E-state index contributed by atoms with van der Waals surface area (Å²) < 4.78 is 18.0. The van der Waals surface area contributed by atoms with Gasteiger partial charge in [-0.1, -0.05) is 24.3 Å². The minimum atomic E-state index is -0.317. The summed E-state index contributed by atoms with van der Waals surface area (Å²) in [6.07, 6.45) is 3.26. The molecule has 2 aromatic carbocycles. The van der Waals surface area contributed by atoms with Gasteiger partial charge in [-0.15, -0.1) is 0 Å². The number of carbonyl (C=O) groups excluding carboxylic acids is 2. The monoisotopic (exact) mass is 370 g/mol. The van der Waals surface area contributed by atoms with Gasteiger partial charge in [-0.2, -0.15) is 0 Å². The van der Waals surface area contributed by atoms with Gasteiger partial charge in [0.25, 0.3) is 0 Å². The van der Waals surface area contributed by atoms with E-state index in [1.54, 1.807) is 25.3 Å². The first-order valence-electron chi connectivity index (χ1n) is 8.62. The van der Waals surface area contributed by atoms with Crippen molar-refractivity contribution >= 4 is 17.9 Å². The van der Waals surface area contributed by atoms with Crippen molar-refractivity contribution in [1.82, 2.24) is 10.6 Å². The molecule has 0 fully saturated rings. The summed E-state index contributed by atoms with van der Waals surface area (Å²) in [6, 6.07) is 13.0. The quantitative estimate of drug-likeness (QED) is 0.701. The smallest absolute Gasteiger partial charge is 0.244 e. The number of ether oxygens (including phenoxy) is 1. The second-order valence-electron chi connectivity index (χ2n) is 5.99. The molecular formula is C21H23FN2O3. The zero-order chi connectivity index (χ0) is 19.6. The molecule has 2 N–H and O–H groups in total. The Morgan fingerprint density at radius 1 is 1.11 bits per heavy atom. The molecule has 0 radical (unpaired) electrons. The molecule has 2 amide bonds. The molecule has 2 aromatic rings. The predicted octanol–water partition coefficient (Wildman–Crippen LogP) is 3.23. The number of halogens is 1. The molecule has 0 aliphatic rings. The van der Waals surface area contributed by atoms with E-state index in [2.05, 4.69) is 10.6 Å². The van der Waals surface area contributed by atoms with Crippen molar-refractivity contribution in [3.63, 3.8) is 0 Å². The molecule has 0 aromatic heterocycles. The molecule has 142 valence electrons. The Balaban J connectivity index is 1.71. The van der Waals surface area contributed by atoms with Crippen molar-refractivity contribution in [3.8, 4) is 5.75 Å². The molecule has 0 aliphatic carbocycles. The number of nitrogens with one attached hydrogen (secondary N) is 2. The summed E-state index contributed by atoms with van der Waals surface area (Å²) >= 11 is 0. The van der Waals surface area contributed by atoms with Crippen molar-refractivity contribution in [3.05, 3.63) is 71.6 Å². The fraction of sp³-hybridized carbons (Fsp3) is 0.238. The molecule has 0 aliphatic heterocycles. The number of carbonyl (C=O) groups is 2. The molecule has 1 atom stereocenters. The third-order valence-electron chi connectivity index (χ3n) is 3.94. The van der Waals surface area contributed by atoms with Crippen molar-refractivity contribution in [2.45, 2.75) is 19.4 Å². The average molecular weight is 370 g/mol. The number of amides is 2. The van der Waals surface area contributed by atoms with Gasteiger partial charge in [0.2, 0.25) is 11.8 Å². The Bertz CT molecular complexity index is 786. The third-order valence-corrected chi connectivity index (χ3v) is 3.94. The molecule has 2 rings (SSSR count). The van der Waals surface area contributed by atoms with Crippen LogP contribution in [-0.4, -0.2) is 25.5 Å². The van der Waals surface area contributed by atoms with E-state index in [1.165, 1.54) is 18.2 Å². The minimum Gasteiger partial charge on any atom is -0.497 e. The number of hydrogen-bond donors (Lipinski definition) is 2. The Morgan fingerprint density at radius 2 is 1.78 bits per heavy atom. The van der Waals surface area contributed by atoms with Crippen molar-refractivity contribution in [2.24, 2.45) is 0 Å². The van der Waals surface area contributed by atoms with Crippen molar-refractivity contribution in [1.29, 1.82) is 0 Å². The van der Waals surface area contributed by atoms with Crippen LogP contribution in [0.25, 0.3) is 6.08 Å².